The number of likely N-dealkylation sites (tertiary alicyclic amines) is 1. The molecule has 0 amide bonds. The third-order valence-electron chi connectivity index (χ3n) is 4.09. The lowest BCUT2D eigenvalue weighted by Crippen LogP contribution is -2.43. The maximum atomic E-state index is 11.2. The van der Waals surface area contributed by atoms with Crippen LogP contribution in [0.2, 0.25) is 0 Å². The van der Waals surface area contributed by atoms with Gasteiger partial charge in [-0.05, 0) is 39.2 Å². The maximum Gasteiger partial charge on any atom is 0.133 e. The van der Waals surface area contributed by atoms with Crippen LogP contribution in [0.3, 0.4) is 0 Å². The molecule has 0 bridgehead atoms. The van der Waals surface area contributed by atoms with Gasteiger partial charge in [0.25, 0.3) is 0 Å². The van der Waals surface area contributed by atoms with Gasteiger partial charge in [-0.3, -0.25) is 9.69 Å². The molecule has 0 aromatic carbocycles. The fourth-order valence-electron chi connectivity index (χ4n) is 3.10. The lowest BCUT2D eigenvalue weighted by Gasteiger charge is -2.37. The molecule has 0 N–H and O–H groups in total. The van der Waals surface area contributed by atoms with Crippen molar-refractivity contribution in [3.8, 4) is 0 Å². The topological polar surface area (TPSA) is 20.3 Å². The Hall–Kier alpha value is -0.370. The molecule has 0 aromatic heterocycles. The highest BCUT2D eigenvalue weighted by molar-refractivity contribution is 5.79. The van der Waals surface area contributed by atoms with Crippen LogP contribution < -0.4 is 0 Å². The van der Waals surface area contributed by atoms with Crippen LogP contribution >= 0.6 is 0 Å². The molecule has 1 aliphatic carbocycles. The number of Topliss-reactive ketones (excluding diaryl/α,β-unsaturated/α-hetero) is 1. The molecule has 1 saturated carbocycles. The molecule has 1 aliphatic heterocycles. The first-order valence-electron chi connectivity index (χ1n) is 6.55. The van der Waals surface area contributed by atoms with E-state index in [1.807, 2.05) is 0 Å². The third kappa shape index (κ3) is 2.81. The van der Waals surface area contributed by atoms with Crippen LogP contribution in [0.5, 0.6) is 0 Å². The second-order valence-electron chi connectivity index (χ2n) is 5.21. The highest BCUT2D eigenvalue weighted by Gasteiger charge is 2.28. The number of carbonyl (C=O) groups excluding carboxylic acids is 1. The average molecular weight is 209 g/mol. The van der Waals surface area contributed by atoms with Gasteiger partial charge in [0, 0.05) is 24.9 Å². The fraction of sp³-hybridized carbons (Fsp3) is 0.923. The van der Waals surface area contributed by atoms with E-state index in [1.54, 1.807) is 0 Å². The van der Waals surface area contributed by atoms with Crippen LogP contribution in [-0.2, 0) is 4.79 Å². The summed E-state index contributed by atoms with van der Waals surface area (Å²) in [6, 6.07) is 1.45. The highest BCUT2D eigenvalue weighted by atomic mass is 16.1. The van der Waals surface area contributed by atoms with Gasteiger partial charge in [0.2, 0.25) is 0 Å². The van der Waals surface area contributed by atoms with Crippen LogP contribution in [0.4, 0.5) is 0 Å². The first-order valence-corrected chi connectivity index (χ1v) is 6.55. The first kappa shape index (κ1) is 11.1. The summed E-state index contributed by atoms with van der Waals surface area (Å²) in [6.07, 6.45) is 9.38. The van der Waals surface area contributed by atoms with E-state index in [-0.39, 0.29) is 0 Å². The maximum absolute atomic E-state index is 11.2. The summed E-state index contributed by atoms with van der Waals surface area (Å²) in [7, 11) is 0. The van der Waals surface area contributed by atoms with Crippen LogP contribution in [0.15, 0.2) is 0 Å². The van der Waals surface area contributed by atoms with Crippen molar-refractivity contribution in [1.29, 1.82) is 0 Å². The van der Waals surface area contributed by atoms with Crippen LogP contribution in [-0.4, -0.2) is 29.3 Å². The molecule has 2 fully saturated rings. The Bertz CT molecular complexity index is 217. The molecule has 1 saturated heterocycles. The van der Waals surface area contributed by atoms with Gasteiger partial charge in [0.15, 0.2) is 0 Å². The molecule has 2 aliphatic rings. The van der Waals surface area contributed by atoms with Crippen molar-refractivity contribution in [1.82, 2.24) is 4.90 Å². The van der Waals surface area contributed by atoms with Gasteiger partial charge < -0.3 is 0 Å². The number of rotatable bonds is 1. The molecule has 1 unspecified atom stereocenters. The molecule has 2 nitrogen and oxygen atoms in total. The van der Waals surface area contributed by atoms with Crippen LogP contribution in [0, 0.1) is 0 Å². The Morgan fingerprint density at radius 2 is 1.80 bits per heavy atom. The summed E-state index contributed by atoms with van der Waals surface area (Å²) < 4.78 is 0. The SMILES string of the molecule is CC1CCCCCN1C1CCC(=O)CC1. The number of carbonyl (C=O) groups is 1. The Labute approximate surface area is 93.0 Å². The Morgan fingerprint density at radius 1 is 1.07 bits per heavy atom. The molecule has 0 aromatic rings. The molecule has 1 atom stereocenters. The summed E-state index contributed by atoms with van der Waals surface area (Å²) in [5.74, 6) is 0.480. The van der Waals surface area contributed by atoms with Crippen molar-refractivity contribution in [3.05, 3.63) is 0 Å². The van der Waals surface area contributed by atoms with Gasteiger partial charge in [0.05, 0.1) is 0 Å². The second kappa shape index (κ2) is 5.11. The summed E-state index contributed by atoms with van der Waals surface area (Å²) in [4.78, 5) is 13.9. The molecule has 2 heteroatoms. The number of hydrogen-bond donors (Lipinski definition) is 0. The van der Waals surface area contributed by atoms with E-state index in [9.17, 15) is 4.79 Å². The molecule has 0 radical (unpaired) electrons. The monoisotopic (exact) mass is 209 g/mol. The van der Waals surface area contributed by atoms with Crippen molar-refractivity contribution in [3.63, 3.8) is 0 Å². The number of ketones is 1. The van der Waals surface area contributed by atoms with E-state index in [1.165, 1.54) is 32.2 Å². The minimum atomic E-state index is 0.480. The number of hydrogen-bond acceptors (Lipinski definition) is 2. The van der Waals surface area contributed by atoms with Crippen molar-refractivity contribution < 1.29 is 4.79 Å². The zero-order chi connectivity index (χ0) is 10.7. The molecule has 1 heterocycles. The largest absolute Gasteiger partial charge is 0.300 e. The van der Waals surface area contributed by atoms with E-state index in [0.29, 0.717) is 11.8 Å². The normalized spacial score (nSPS) is 31.5. The Balaban J connectivity index is 1.92. The second-order valence-corrected chi connectivity index (χ2v) is 5.21. The molecule has 0 spiro atoms. The average Bonchev–Trinajstić information content (AvgIpc) is 2.44. The van der Waals surface area contributed by atoms with E-state index < -0.39 is 0 Å². The van der Waals surface area contributed by atoms with Crippen molar-refractivity contribution in [2.75, 3.05) is 6.54 Å². The van der Waals surface area contributed by atoms with Crippen molar-refractivity contribution >= 4 is 5.78 Å². The lowest BCUT2D eigenvalue weighted by molar-refractivity contribution is -0.121. The van der Waals surface area contributed by atoms with E-state index in [4.69, 9.17) is 0 Å². The molecular weight excluding hydrogens is 186 g/mol. The van der Waals surface area contributed by atoms with E-state index in [2.05, 4.69) is 11.8 Å². The Kier molecular flexibility index (Phi) is 3.79. The summed E-state index contributed by atoms with van der Waals surface area (Å²) in [5, 5.41) is 0. The van der Waals surface area contributed by atoms with E-state index in [0.717, 1.165) is 31.7 Å². The molecular formula is C13H23NO. The summed E-state index contributed by atoms with van der Waals surface area (Å²) in [5.41, 5.74) is 0. The molecule has 2 rings (SSSR count). The molecule has 15 heavy (non-hydrogen) atoms. The van der Waals surface area contributed by atoms with Crippen molar-refractivity contribution in [2.45, 2.75) is 70.4 Å². The molecule has 86 valence electrons. The smallest absolute Gasteiger partial charge is 0.133 e. The van der Waals surface area contributed by atoms with Crippen LogP contribution in [0.25, 0.3) is 0 Å². The first-order chi connectivity index (χ1) is 7.27. The minimum Gasteiger partial charge on any atom is -0.300 e. The van der Waals surface area contributed by atoms with Gasteiger partial charge >= 0.3 is 0 Å². The van der Waals surface area contributed by atoms with Gasteiger partial charge in [0.1, 0.15) is 5.78 Å². The lowest BCUT2D eigenvalue weighted by atomic mass is 9.92. The van der Waals surface area contributed by atoms with Gasteiger partial charge in [-0.25, -0.2) is 0 Å². The fourth-order valence-corrected chi connectivity index (χ4v) is 3.10. The third-order valence-corrected chi connectivity index (χ3v) is 4.09. The quantitative estimate of drug-likeness (QED) is 0.662. The standard InChI is InChI=1S/C13H23NO/c1-11-5-3-2-4-10-14(11)12-6-8-13(15)9-7-12/h11-12H,2-10H2,1H3. The number of nitrogens with zero attached hydrogens (tertiary/aromatic N) is 1. The zero-order valence-electron chi connectivity index (χ0n) is 9.87. The predicted molar refractivity (Wildman–Crippen MR) is 61.9 cm³/mol. The predicted octanol–water partition coefficient (Wildman–Crippen LogP) is 2.76. The summed E-state index contributed by atoms with van der Waals surface area (Å²) >= 11 is 0. The van der Waals surface area contributed by atoms with E-state index >= 15 is 0 Å². The van der Waals surface area contributed by atoms with Gasteiger partial charge in [-0.1, -0.05) is 12.8 Å². The zero-order valence-corrected chi connectivity index (χ0v) is 9.87. The highest BCUT2D eigenvalue weighted by Crippen LogP contribution is 2.26. The van der Waals surface area contributed by atoms with Crippen LogP contribution in [0.1, 0.15) is 58.3 Å². The van der Waals surface area contributed by atoms with Crippen molar-refractivity contribution in [2.24, 2.45) is 0 Å². The Morgan fingerprint density at radius 3 is 2.53 bits per heavy atom. The summed E-state index contributed by atoms with van der Waals surface area (Å²) in [6.45, 7) is 3.63. The minimum absolute atomic E-state index is 0.480. The van der Waals surface area contributed by atoms with Gasteiger partial charge in [-0.2, -0.15) is 0 Å². The van der Waals surface area contributed by atoms with Gasteiger partial charge in [-0.15, -0.1) is 0 Å².